The number of benzene rings is 1. The lowest BCUT2D eigenvalue weighted by Gasteiger charge is -2.04. The van der Waals surface area contributed by atoms with Gasteiger partial charge in [-0.25, -0.2) is 22.6 Å². The van der Waals surface area contributed by atoms with Gasteiger partial charge >= 0.3 is 12.0 Å². The molecule has 11 heteroatoms. The number of halogens is 1. The molecule has 1 aromatic heterocycles. The van der Waals surface area contributed by atoms with Crippen LogP contribution in [0.5, 0.6) is 0 Å². The third-order valence-electron chi connectivity index (χ3n) is 3.24. The van der Waals surface area contributed by atoms with Gasteiger partial charge in [-0.3, -0.25) is 10.1 Å². The summed E-state index contributed by atoms with van der Waals surface area (Å²) in [6, 6.07) is 3.15. The molecule has 0 saturated carbocycles. The molecular weight excluding hydrogens is 385 g/mol. The fraction of sp³-hybridized carbons (Fsp3) is 0.267. The summed E-state index contributed by atoms with van der Waals surface area (Å²) in [7, 11) is -3.66. The molecule has 0 aliphatic rings. The molecule has 1 aromatic carbocycles. The maximum absolute atomic E-state index is 14.1. The zero-order valence-electron chi connectivity index (χ0n) is 13.9. The quantitative estimate of drug-likeness (QED) is 0.682. The van der Waals surface area contributed by atoms with Gasteiger partial charge in [0.05, 0.1) is 17.0 Å². The van der Waals surface area contributed by atoms with Crippen molar-refractivity contribution in [3.8, 4) is 10.4 Å². The molecule has 26 heavy (non-hydrogen) atoms. The normalized spacial score (nSPS) is 11.2. The molecule has 0 fully saturated rings. The van der Waals surface area contributed by atoms with Crippen LogP contribution >= 0.6 is 11.3 Å². The van der Waals surface area contributed by atoms with Crippen LogP contribution in [0.3, 0.4) is 0 Å². The minimum atomic E-state index is -3.66. The highest BCUT2D eigenvalue weighted by Gasteiger charge is 2.17. The number of aliphatic carboxylic acids is 1. The van der Waals surface area contributed by atoms with Gasteiger partial charge in [0.2, 0.25) is 0 Å². The summed E-state index contributed by atoms with van der Waals surface area (Å²) in [6.45, 7) is 1.64. The van der Waals surface area contributed by atoms with Crippen LogP contribution in [0.25, 0.3) is 10.4 Å². The van der Waals surface area contributed by atoms with Crippen molar-refractivity contribution in [1.82, 2.24) is 10.3 Å². The number of carbonyl (C=O) groups is 2. The molecule has 0 saturated heterocycles. The van der Waals surface area contributed by atoms with Crippen molar-refractivity contribution < 1.29 is 27.5 Å². The van der Waals surface area contributed by atoms with Gasteiger partial charge in [0, 0.05) is 12.8 Å². The van der Waals surface area contributed by atoms with Crippen LogP contribution in [-0.4, -0.2) is 43.3 Å². The van der Waals surface area contributed by atoms with E-state index in [4.69, 9.17) is 5.11 Å². The van der Waals surface area contributed by atoms with Crippen LogP contribution in [0.2, 0.25) is 0 Å². The van der Waals surface area contributed by atoms with Gasteiger partial charge in [0.15, 0.2) is 15.0 Å². The van der Waals surface area contributed by atoms with E-state index in [1.54, 1.807) is 6.92 Å². The Morgan fingerprint density at radius 2 is 2.04 bits per heavy atom. The van der Waals surface area contributed by atoms with Crippen molar-refractivity contribution >= 4 is 38.3 Å². The summed E-state index contributed by atoms with van der Waals surface area (Å²) in [5.74, 6) is -1.89. The number of sulfone groups is 1. The molecule has 0 aliphatic carbocycles. The van der Waals surface area contributed by atoms with Crippen molar-refractivity contribution in [1.29, 1.82) is 0 Å². The average Bonchev–Trinajstić information content (AvgIpc) is 2.85. The maximum Gasteiger partial charge on any atom is 0.321 e. The zero-order chi connectivity index (χ0) is 19.5. The van der Waals surface area contributed by atoms with E-state index in [2.05, 4.69) is 15.6 Å². The van der Waals surface area contributed by atoms with E-state index in [0.29, 0.717) is 16.1 Å². The number of urea groups is 1. The Morgan fingerprint density at radius 1 is 1.35 bits per heavy atom. The number of nitrogens with zero attached hydrogens (tertiary/aromatic N) is 1. The molecule has 1 heterocycles. The zero-order valence-corrected chi connectivity index (χ0v) is 15.5. The van der Waals surface area contributed by atoms with E-state index in [-0.39, 0.29) is 23.0 Å². The van der Waals surface area contributed by atoms with Gasteiger partial charge in [0.1, 0.15) is 10.7 Å². The monoisotopic (exact) mass is 401 g/mol. The van der Waals surface area contributed by atoms with Gasteiger partial charge in [-0.15, -0.1) is 0 Å². The molecule has 2 amide bonds. The fourth-order valence-electron chi connectivity index (χ4n) is 2.08. The molecule has 0 aliphatic heterocycles. The van der Waals surface area contributed by atoms with Gasteiger partial charge in [-0.1, -0.05) is 17.4 Å². The molecule has 0 radical (unpaired) electrons. The number of carbonyl (C=O) groups excluding carboxylic acids is 1. The number of hydrogen-bond acceptors (Lipinski definition) is 6. The highest BCUT2D eigenvalue weighted by molar-refractivity contribution is 7.90. The molecule has 0 unspecified atom stereocenters. The van der Waals surface area contributed by atoms with Crippen molar-refractivity contribution in [2.75, 3.05) is 18.1 Å². The van der Waals surface area contributed by atoms with Gasteiger partial charge in [-0.05, 0) is 24.6 Å². The summed E-state index contributed by atoms with van der Waals surface area (Å²) in [6.07, 6.45) is 0.718. The van der Waals surface area contributed by atoms with E-state index >= 15 is 0 Å². The predicted molar refractivity (Wildman–Crippen MR) is 94.6 cm³/mol. The molecule has 0 spiro atoms. The molecule has 2 rings (SSSR count). The summed E-state index contributed by atoms with van der Waals surface area (Å²) < 4.78 is 37.0. The first-order chi connectivity index (χ1) is 12.1. The van der Waals surface area contributed by atoms with Crippen molar-refractivity contribution in [3.05, 3.63) is 29.7 Å². The first kappa shape index (κ1) is 19.8. The summed E-state index contributed by atoms with van der Waals surface area (Å²) >= 11 is 1.09. The standard InChI is InChI=1S/C15H16FN3O5S2/c1-8-13(9-3-4-11(10(16)7-9)26(2,23)24)25-15(18-8)19-14(22)17-6-5-12(20)21/h3-4,7H,5-6H2,1-2H3,(H,20,21)(H2,17,18,19,22). The fourth-order valence-corrected chi connectivity index (χ4v) is 3.77. The molecule has 140 valence electrons. The Balaban J connectivity index is 2.16. The Kier molecular flexibility index (Phi) is 5.93. The third kappa shape index (κ3) is 4.99. The minimum Gasteiger partial charge on any atom is -0.481 e. The van der Waals surface area contributed by atoms with E-state index in [1.807, 2.05) is 0 Å². The number of aryl methyl sites for hydroxylation is 1. The van der Waals surface area contributed by atoms with Crippen LogP contribution in [0, 0.1) is 12.7 Å². The number of amides is 2. The number of thiazole rings is 1. The number of carboxylic acids is 1. The Bertz CT molecular complexity index is 956. The van der Waals surface area contributed by atoms with Crippen molar-refractivity contribution in [2.45, 2.75) is 18.2 Å². The first-order valence-electron chi connectivity index (χ1n) is 7.32. The van der Waals surface area contributed by atoms with Gasteiger partial charge in [-0.2, -0.15) is 0 Å². The van der Waals surface area contributed by atoms with Crippen LogP contribution in [0.15, 0.2) is 23.1 Å². The Morgan fingerprint density at radius 3 is 2.62 bits per heavy atom. The number of anilines is 1. The second-order valence-corrected chi connectivity index (χ2v) is 8.36. The number of aromatic nitrogens is 1. The van der Waals surface area contributed by atoms with E-state index in [1.165, 1.54) is 12.1 Å². The van der Waals surface area contributed by atoms with Crippen LogP contribution in [0.1, 0.15) is 12.1 Å². The Hall–Kier alpha value is -2.53. The smallest absolute Gasteiger partial charge is 0.321 e. The van der Waals surface area contributed by atoms with Crippen molar-refractivity contribution in [2.24, 2.45) is 0 Å². The van der Waals surface area contributed by atoms with Crippen LogP contribution in [-0.2, 0) is 14.6 Å². The molecular formula is C15H16FN3O5S2. The SMILES string of the molecule is Cc1nc(NC(=O)NCCC(=O)O)sc1-c1ccc(S(C)(=O)=O)c(F)c1. The molecule has 2 aromatic rings. The summed E-state index contributed by atoms with van der Waals surface area (Å²) in [5, 5.41) is 13.6. The van der Waals surface area contributed by atoms with Gasteiger partial charge in [0.25, 0.3) is 0 Å². The first-order valence-corrected chi connectivity index (χ1v) is 10.0. The van der Waals surface area contributed by atoms with Crippen molar-refractivity contribution in [3.63, 3.8) is 0 Å². The Labute approximate surface area is 153 Å². The lowest BCUT2D eigenvalue weighted by atomic mass is 10.1. The summed E-state index contributed by atoms with van der Waals surface area (Å²) in [4.78, 5) is 26.4. The lowest BCUT2D eigenvalue weighted by molar-refractivity contribution is -0.136. The number of nitrogens with one attached hydrogen (secondary N) is 2. The maximum atomic E-state index is 14.1. The van der Waals surface area contributed by atoms with Gasteiger partial charge < -0.3 is 10.4 Å². The topological polar surface area (TPSA) is 125 Å². The van der Waals surface area contributed by atoms with Crippen LogP contribution in [0.4, 0.5) is 14.3 Å². The number of hydrogen-bond donors (Lipinski definition) is 3. The van der Waals surface area contributed by atoms with Crippen LogP contribution < -0.4 is 10.6 Å². The second kappa shape index (κ2) is 7.79. The molecule has 0 atom stereocenters. The number of carboxylic acid groups (broad SMARTS) is 1. The minimum absolute atomic E-state index is 0.0312. The third-order valence-corrected chi connectivity index (χ3v) is 5.49. The highest BCUT2D eigenvalue weighted by atomic mass is 32.2. The van der Waals surface area contributed by atoms with E-state index < -0.39 is 27.7 Å². The highest BCUT2D eigenvalue weighted by Crippen LogP contribution is 2.34. The summed E-state index contributed by atoms with van der Waals surface area (Å²) in [5.41, 5.74) is 0.964. The molecule has 3 N–H and O–H groups in total. The predicted octanol–water partition coefficient (Wildman–Crippen LogP) is 2.26. The largest absolute Gasteiger partial charge is 0.481 e. The van der Waals surface area contributed by atoms with E-state index in [0.717, 1.165) is 23.7 Å². The number of rotatable bonds is 6. The molecule has 8 nitrogen and oxygen atoms in total. The average molecular weight is 401 g/mol. The lowest BCUT2D eigenvalue weighted by Crippen LogP contribution is -2.30. The van der Waals surface area contributed by atoms with E-state index in [9.17, 15) is 22.4 Å². The molecule has 0 bridgehead atoms. The second-order valence-electron chi connectivity index (χ2n) is 5.38.